The molecule has 0 aliphatic carbocycles. The smallest absolute Gasteiger partial charge is 0.313 e. The molecule has 1 heterocycles. The molecule has 0 N–H and O–H groups in total. The summed E-state index contributed by atoms with van der Waals surface area (Å²) in [4.78, 5) is 16.2. The van der Waals surface area contributed by atoms with Crippen LogP contribution in [0.15, 0.2) is 43.0 Å². The summed E-state index contributed by atoms with van der Waals surface area (Å²) >= 11 is 0. The van der Waals surface area contributed by atoms with Gasteiger partial charge in [0.05, 0.1) is 18.9 Å². The SMILES string of the molecule is CCCCC(C(=O)OCC)c1ccc(Cn2ccnc2)cc1. The van der Waals surface area contributed by atoms with Crippen molar-refractivity contribution in [3.05, 3.63) is 54.1 Å². The Hall–Kier alpha value is -2.10. The zero-order valence-corrected chi connectivity index (χ0v) is 13.4. The van der Waals surface area contributed by atoms with Crippen molar-refractivity contribution in [1.82, 2.24) is 9.55 Å². The van der Waals surface area contributed by atoms with E-state index in [1.54, 1.807) is 12.5 Å². The van der Waals surface area contributed by atoms with Crippen molar-refractivity contribution < 1.29 is 9.53 Å². The Balaban J connectivity index is 2.08. The Morgan fingerprint density at radius 1 is 1.27 bits per heavy atom. The first kappa shape index (κ1) is 16.3. The molecule has 2 rings (SSSR count). The summed E-state index contributed by atoms with van der Waals surface area (Å²) in [6.07, 6.45) is 8.47. The lowest BCUT2D eigenvalue weighted by atomic mass is 9.93. The monoisotopic (exact) mass is 300 g/mol. The lowest BCUT2D eigenvalue weighted by Crippen LogP contribution is -2.16. The third kappa shape index (κ3) is 4.45. The van der Waals surface area contributed by atoms with E-state index in [2.05, 4.69) is 24.0 Å². The van der Waals surface area contributed by atoms with E-state index in [-0.39, 0.29) is 11.9 Å². The largest absolute Gasteiger partial charge is 0.466 e. The maximum atomic E-state index is 12.2. The van der Waals surface area contributed by atoms with Crippen molar-refractivity contribution in [2.24, 2.45) is 0 Å². The summed E-state index contributed by atoms with van der Waals surface area (Å²) in [5.41, 5.74) is 2.24. The Kier molecular flexibility index (Phi) is 6.19. The van der Waals surface area contributed by atoms with Gasteiger partial charge >= 0.3 is 5.97 Å². The standard InChI is InChI=1S/C18H24N2O2/c1-3-5-6-17(18(21)22-4-2)16-9-7-15(8-10-16)13-20-12-11-19-14-20/h7-12,14,17H,3-6,13H2,1-2H3. The molecular weight excluding hydrogens is 276 g/mol. The van der Waals surface area contributed by atoms with Crippen LogP contribution in [0.3, 0.4) is 0 Å². The van der Waals surface area contributed by atoms with Gasteiger partial charge in [0.15, 0.2) is 0 Å². The molecule has 4 heteroatoms. The van der Waals surface area contributed by atoms with Gasteiger partial charge in [-0.3, -0.25) is 4.79 Å². The van der Waals surface area contributed by atoms with Crippen LogP contribution in [0.2, 0.25) is 0 Å². The molecule has 0 aliphatic heterocycles. The maximum Gasteiger partial charge on any atom is 0.313 e. The zero-order valence-electron chi connectivity index (χ0n) is 13.4. The number of esters is 1. The van der Waals surface area contributed by atoms with Crippen LogP contribution >= 0.6 is 0 Å². The minimum Gasteiger partial charge on any atom is -0.466 e. The van der Waals surface area contributed by atoms with Crippen LogP contribution in [0.4, 0.5) is 0 Å². The number of carbonyl (C=O) groups is 1. The summed E-state index contributed by atoms with van der Waals surface area (Å²) in [5.74, 6) is -0.263. The summed E-state index contributed by atoms with van der Waals surface area (Å²) in [6.45, 7) is 5.21. The molecule has 2 aromatic rings. The van der Waals surface area contributed by atoms with E-state index < -0.39 is 0 Å². The van der Waals surface area contributed by atoms with Gasteiger partial charge in [0.25, 0.3) is 0 Å². The van der Waals surface area contributed by atoms with Gasteiger partial charge in [0.2, 0.25) is 0 Å². The summed E-state index contributed by atoms with van der Waals surface area (Å²) < 4.78 is 7.24. The number of hydrogen-bond donors (Lipinski definition) is 0. The highest BCUT2D eigenvalue weighted by Gasteiger charge is 2.21. The molecule has 1 aromatic carbocycles. The molecule has 1 unspecified atom stereocenters. The molecule has 0 fully saturated rings. The highest BCUT2D eigenvalue weighted by atomic mass is 16.5. The van der Waals surface area contributed by atoms with Crippen LogP contribution in [0.25, 0.3) is 0 Å². The van der Waals surface area contributed by atoms with Crippen molar-refractivity contribution in [3.63, 3.8) is 0 Å². The molecule has 4 nitrogen and oxygen atoms in total. The molecule has 1 aromatic heterocycles. The second kappa shape index (κ2) is 8.37. The maximum absolute atomic E-state index is 12.2. The highest BCUT2D eigenvalue weighted by molar-refractivity contribution is 5.78. The molecule has 118 valence electrons. The van der Waals surface area contributed by atoms with Gasteiger partial charge in [-0.1, -0.05) is 44.0 Å². The van der Waals surface area contributed by atoms with Crippen LogP contribution in [0, 0.1) is 0 Å². The third-order valence-electron chi connectivity index (χ3n) is 3.72. The fraction of sp³-hybridized carbons (Fsp3) is 0.444. The van der Waals surface area contributed by atoms with E-state index in [1.807, 2.05) is 29.8 Å². The Labute approximate surface area is 132 Å². The van der Waals surface area contributed by atoms with Crippen molar-refractivity contribution in [1.29, 1.82) is 0 Å². The van der Waals surface area contributed by atoms with Crippen molar-refractivity contribution in [2.45, 2.75) is 45.6 Å². The number of unbranched alkanes of at least 4 members (excludes halogenated alkanes) is 1. The number of carbonyl (C=O) groups excluding carboxylic acids is 1. The molecule has 0 bridgehead atoms. The first-order valence-corrected chi connectivity index (χ1v) is 7.95. The van der Waals surface area contributed by atoms with Gasteiger partial charge in [0.1, 0.15) is 0 Å². The molecule has 22 heavy (non-hydrogen) atoms. The normalized spacial score (nSPS) is 12.1. The fourth-order valence-electron chi connectivity index (χ4n) is 2.52. The third-order valence-corrected chi connectivity index (χ3v) is 3.72. The topological polar surface area (TPSA) is 44.1 Å². The molecule has 0 saturated heterocycles. The number of hydrogen-bond acceptors (Lipinski definition) is 3. The first-order chi connectivity index (χ1) is 10.7. The van der Waals surface area contributed by atoms with E-state index in [9.17, 15) is 4.79 Å². The van der Waals surface area contributed by atoms with E-state index in [1.165, 1.54) is 5.56 Å². The molecule has 0 radical (unpaired) electrons. The van der Waals surface area contributed by atoms with Gasteiger partial charge in [0, 0.05) is 18.9 Å². The van der Waals surface area contributed by atoms with Crippen LogP contribution < -0.4 is 0 Å². The van der Waals surface area contributed by atoms with Gasteiger partial charge in [-0.25, -0.2) is 4.98 Å². The molecule has 0 aliphatic rings. The number of benzene rings is 1. The lowest BCUT2D eigenvalue weighted by Gasteiger charge is -2.16. The molecule has 0 saturated carbocycles. The van der Waals surface area contributed by atoms with Gasteiger partial charge < -0.3 is 9.30 Å². The molecule has 0 amide bonds. The predicted octanol–water partition coefficient (Wildman–Crippen LogP) is 3.77. The number of rotatable bonds is 8. The van der Waals surface area contributed by atoms with Crippen LogP contribution in [-0.4, -0.2) is 22.1 Å². The van der Waals surface area contributed by atoms with E-state index in [0.717, 1.165) is 31.4 Å². The summed E-state index contributed by atoms with van der Waals surface area (Å²) in [7, 11) is 0. The highest BCUT2D eigenvalue weighted by Crippen LogP contribution is 2.24. The fourth-order valence-corrected chi connectivity index (χ4v) is 2.52. The van der Waals surface area contributed by atoms with Crippen LogP contribution in [0.1, 0.15) is 50.2 Å². The van der Waals surface area contributed by atoms with E-state index in [4.69, 9.17) is 4.74 Å². The zero-order chi connectivity index (χ0) is 15.8. The van der Waals surface area contributed by atoms with Gasteiger partial charge in [-0.15, -0.1) is 0 Å². The molecule has 0 spiro atoms. The predicted molar refractivity (Wildman–Crippen MR) is 86.7 cm³/mol. The van der Waals surface area contributed by atoms with Gasteiger partial charge in [-0.05, 0) is 24.5 Å². The Morgan fingerprint density at radius 2 is 2.05 bits per heavy atom. The number of aromatic nitrogens is 2. The number of ether oxygens (including phenoxy) is 1. The quantitative estimate of drug-likeness (QED) is 0.697. The van der Waals surface area contributed by atoms with Crippen molar-refractivity contribution >= 4 is 5.97 Å². The average molecular weight is 300 g/mol. The second-order valence-corrected chi connectivity index (χ2v) is 5.42. The minimum atomic E-state index is -0.151. The van der Waals surface area contributed by atoms with Crippen molar-refractivity contribution in [3.8, 4) is 0 Å². The van der Waals surface area contributed by atoms with Crippen LogP contribution in [-0.2, 0) is 16.1 Å². The van der Waals surface area contributed by atoms with Crippen molar-refractivity contribution in [2.75, 3.05) is 6.61 Å². The Bertz CT molecular complexity index is 561. The van der Waals surface area contributed by atoms with E-state index in [0.29, 0.717) is 6.61 Å². The number of imidazole rings is 1. The molecular formula is C18H24N2O2. The summed E-state index contributed by atoms with van der Waals surface area (Å²) in [6, 6.07) is 8.24. The van der Waals surface area contributed by atoms with E-state index >= 15 is 0 Å². The molecule has 1 atom stereocenters. The summed E-state index contributed by atoms with van der Waals surface area (Å²) in [5, 5.41) is 0. The van der Waals surface area contributed by atoms with Gasteiger partial charge in [-0.2, -0.15) is 0 Å². The minimum absolute atomic E-state index is 0.113. The Morgan fingerprint density at radius 3 is 2.64 bits per heavy atom. The average Bonchev–Trinajstić information content (AvgIpc) is 3.02. The first-order valence-electron chi connectivity index (χ1n) is 7.95. The second-order valence-electron chi connectivity index (χ2n) is 5.42. The lowest BCUT2D eigenvalue weighted by molar-refractivity contribution is -0.145. The number of nitrogens with zero attached hydrogens (tertiary/aromatic N) is 2. The van der Waals surface area contributed by atoms with Crippen LogP contribution in [0.5, 0.6) is 0 Å².